The molecule has 0 radical (unpaired) electrons. The molecule has 0 saturated carbocycles. The van der Waals surface area contributed by atoms with Crippen LogP contribution in [0.1, 0.15) is 5.56 Å². The highest BCUT2D eigenvalue weighted by molar-refractivity contribution is 9.12. The first-order chi connectivity index (χ1) is 8.84. The summed E-state index contributed by atoms with van der Waals surface area (Å²) < 4.78 is 0.996. The lowest BCUT2D eigenvalue weighted by atomic mass is 10.1. The molecule has 0 saturated heterocycles. The Morgan fingerprint density at radius 2 is 1.56 bits per heavy atom. The van der Waals surface area contributed by atoms with E-state index in [9.17, 15) is 0 Å². The van der Waals surface area contributed by atoms with Gasteiger partial charge >= 0.3 is 0 Å². The fourth-order valence-corrected chi connectivity index (χ4v) is 1.80. The maximum atomic E-state index is 4.38. The highest BCUT2D eigenvalue weighted by Crippen LogP contribution is 2.12. The van der Waals surface area contributed by atoms with Gasteiger partial charge in [0.15, 0.2) is 0 Å². The highest BCUT2D eigenvalue weighted by Gasteiger charge is 1.90. The molecule has 2 aromatic carbocycles. The smallest absolute Gasteiger partial charge is 0.0630 e. The van der Waals surface area contributed by atoms with Crippen molar-refractivity contribution < 1.29 is 0 Å². The summed E-state index contributed by atoms with van der Waals surface area (Å²) in [5, 5.41) is 0. The Kier molecular flexibility index (Phi) is 4.91. The Morgan fingerprint density at radius 1 is 0.944 bits per heavy atom. The summed E-state index contributed by atoms with van der Waals surface area (Å²) in [6, 6.07) is 20.3. The van der Waals surface area contributed by atoms with Crippen LogP contribution in [0.15, 0.2) is 76.2 Å². The molecule has 2 rings (SSSR count). The fraction of sp³-hybridized carbons (Fsp3) is 0.0625. The Labute approximate surface area is 116 Å². The van der Waals surface area contributed by atoms with E-state index in [4.69, 9.17) is 0 Å². The molecule has 0 aliphatic rings. The van der Waals surface area contributed by atoms with Crippen LogP contribution in [0.3, 0.4) is 0 Å². The van der Waals surface area contributed by atoms with Gasteiger partial charge in [-0.3, -0.25) is 4.99 Å². The maximum Gasteiger partial charge on any atom is 0.0630 e. The summed E-state index contributed by atoms with van der Waals surface area (Å²) in [7, 11) is 0. The molecule has 18 heavy (non-hydrogen) atoms. The summed E-state index contributed by atoms with van der Waals surface area (Å²) >= 11 is 3.50. The third-order valence-electron chi connectivity index (χ3n) is 2.47. The van der Waals surface area contributed by atoms with Crippen LogP contribution in [-0.2, 0) is 6.42 Å². The number of aliphatic imine (C=N–C) groups is 1. The van der Waals surface area contributed by atoms with Crippen LogP contribution < -0.4 is 0 Å². The molecule has 0 N–H and O–H groups in total. The van der Waals surface area contributed by atoms with E-state index in [0.29, 0.717) is 0 Å². The molecule has 0 unspecified atom stereocenters. The second-order valence-corrected chi connectivity index (χ2v) is 4.79. The molecule has 0 heterocycles. The van der Waals surface area contributed by atoms with E-state index in [1.165, 1.54) is 5.56 Å². The van der Waals surface area contributed by atoms with Gasteiger partial charge in [0, 0.05) is 10.7 Å². The SMILES string of the molecule is Br/C(C=Nc1ccccc1)=C\Cc1ccccc1. The van der Waals surface area contributed by atoms with Crippen molar-refractivity contribution in [2.75, 3.05) is 0 Å². The van der Waals surface area contributed by atoms with Crippen LogP contribution in [0.5, 0.6) is 0 Å². The Balaban J connectivity index is 1.96. The van der Waals surface area contributed by atoms with Gasteiger partial charge in [0.05, 0.1) is 5.69 Å². The molecule has 0 aliphatic heterocycles. The summed E-state index contributed by atoms with van der Waals surface area (Å²) in [5.74, 6) is 0. The van der Waals surface area contributed by atoms with Crippen LogP contribution in [0, 0.1) is 0 Å². The number of nitrogens with zero attached hydrogens (tertiary/aromatic N) is 1. The average Bonchev–Trinajstić information content (AvgIpc) is 2.45. The van der Waals surface area contributed by atoms with Crippen LogP contribution in [0.2, 0.25) is 0 Å². The van der Waals surface area contributed by atoms with Crippen molar-refractivity contribution in [2.45, 2.75) is 6.42 Å². The number of halogens is 1. The molecule has 1 nitrogen and oxygen atoms in total. The number of para-hydroxylation sites is 1. The zero-order valence-electron chi connectivity index (χ0n) is 9.96. The van der Waals surface area contributed by atoms with Gasteiger partial charge in [-0.25, -0.2) is 0 Å². The van der Waals surface area contributed by atoms with Crippen molar-refractivity contribution >= 4 is 27.8 Å². The number of rotatable bonds is 4. The molecular formula is C16H14BrN. The van der Waals surface area contributed by atoms with Gasteiger partial charge < -0.3 is 0 Å². The predicted molar refractivity (Wildman–Crippen MR) is 81.8 cm³/mol. The standard InChI is InChI=1S/C16H14BrN/c17-15(12-11-14-7-3-1-4-8-14)13-18-16-9-5-2-6-10-16/h1-10,12-13H,11H2/b15-12-,18-13?. The third-order valence-corrected chi connectivity index (χ3v) is 3.00. The van der Waals surface area contributed by atoms with E-state index in [1.807, 2.05) is 42.6 Å². The van der Waals surface area contributed by atoms with E-state index in [0.717, 1.165) is 16.6 Å². The number of hydrogen-bond donors (Lipinski definition) is 0. The predicted octanol–water partition coefficient (Wildman–Crippen LogP) is 4.91. The van der Waals surface area contributed by atoms with Gasteiger partial charge in [-0.05, 0) is 40.0 Å². The highest BCUT2D eigenvalue weighted by atomic mass is 79.9. The lowest BCUT2D eigenvalue weighted by molar-refractivity contribution is 1.27. The first-order valence-electron chi connectivity index (χ1n) is 5.83. The Morgan fingerprint density at radius 3 is 2.22 bits per heavy atom. The van der Waals surface area contributed by atoms with Crippen molar-refractivity contribution in [1.82, 2.24) is 0 Å². The van der Waals surface area contributed by atoms with Gasteiger partial charge in [0.1, 0.15) is 0 Å². The molecule has 0 aliphatic carbocycles. The summed E-state index contributed by atoms with van der Waals surface area (Å²) in [6.45, 7) is 0. The van der Waals surface area contributed by atoms with Gasteiger partial charge in [0.2, 0.25) is 0 Å². The minimum Gasteiger partial charge on any atom is -0.256 e. The van der Waals surface area contributed by atoms with Crippen molar-refractivity contribution in [3.8, 4) is 0 Å². The third kappa shape index (κ3) is 4.30. The minimum atomic E-state index is 0.905. The lowest BCUT2D eigenvalue weighted by Crippen LogP contribution is -1.81. The minimum absolute atomic E-state index is 0.905. The number of benzene rings is 2. The van der Waals surface area contributed by atoms with E-state index < -0.39 is 0 Å². The second-order valence-electron chi connectivity index (χ2n) is 3.87. The molecule has 0 aromatic heterocycles. The Bertz CT molecular complexity index is 530. The summed E-state index contributed by atoms with van der Waals surface area (Å²) in [6.07, 6.45) is 4.85. The zero-order chi connectivity index (χ0) is 12.6. The quantitative estimate of drug-likeness (QED) is 0.711. The van der Waals surface area contributed by atoms with Gasteiger partial charge in [-0.1, -0.05) is 54.6 Å². The van der Waals surface area contributed by atoms with Gasteiger partial charge in [0.25, 0.3) is 0 Å². The van der Waals surface area contributed by atoms with Crippen LogP contribution in [0.25, 0.3) is 0 Å². The van der Waals surface area contributed by atoms with E-state index in [1.54, 1.807) is 0 Å². The van der Waals surface area contributed by atoms with E-state index in [2.05, 4.69) is 51.3 Å². The van der Waals surface area contributed by atoms with Crippen molar-refractivity contribution in [3.05, 3.63) is 76.8 Å². The van der Waals surface area contributed by atoms with Crippen molar-refractivity contribution in [3.63, 3.8) is 0 Å². The summed E-state index contributed by atoms with van der Waals surface area (Å²) in [5.41, 5.74) is 2.25. The molecule has 0 spiro atoms. The normalized spacial score (nSPS) is 11.9. The van der Waals surface area contributed by atoms with Crippen molar-refractivity contribution in [1.29, 1.82) is 0 Å². The summed E-state index contributed by atoms with van der Waals surface area (Å²) in [4.78, 5) is 4.38. The first kappa shape index (κ1) is 12.8. The topological polar surface area (TPSA) is 12.4 Å². The van der Waals surface area contributed by atoms with Crippen molar-refractivity contribution in [2.24, 2.45) is 4.99 Å². The fourth-order valence-electron chi connectivity index (χ4n) is 1.53. The van der Waals surface area contributed by atoms with Crippen LogP contribution in [0.4, 0.5) is 5.69 Å². The largest absolute Gasteiger partial charge is 0.256 e. The van der Waals surface area contributed by atoms with E-state index >= 15 is 0 Å². The lowest BCUT2D eigenvalue weighted by Gasteiger charge is -1.95. The second kappa shape index (κ2) is 6.92. The van der Waals surface area contributed by atoms with Crippen LogP contribution >= 0.6 is 15.9 Å². The van der Waals surface area contributed by atoms with E-state index in [-0.39, 0.29) is 0 Å². The molecule has 0 bridgehead atoms. The number of allylic oxidation sites excluding steroid dienone is 2. The maximum absolute atomic E-state index is 4.38. The van der Waals surface area contributed by atoms with Gasteiger partial charge in [-0.15, -0.1) is 0 Å². The molecule has 90 valence electrons. The molecule has 0 atom stereocenters. The molecule has 0 fully saturated rings. The molecular weight excluding hydrogens is 286 g/mol. The Hall–Kier alpha value is -1.67. The average molecular weight is 300 g/mol. The number of hydrogen-bond acceptors (Lipinski definition) is 1. The molecule has 2 aromatic rings. The first-order valence-corrected chi connectivity index (χ1v) is 6.62. The molecule has 2 heteroatoms. The van der Waals surface area contributed by atoms with Crippen LogP contribution in [-0.4, -0.2) is 6.21 Å². The monoisotopic (exact) mass is 299 g/mol. The molecule has 0 amide bonds. The van der Waals surface area contributed by atoms with Gasteiger partial charge in [-0.2, -0.15) is 0 Å². The zero-order valence-corrected chi connectivity index (χ0v) is 11.5.